The minimum Gasteiger partial charge on any atom is -0.378 e. The molecule has 41 nitrogen and oxygen atoms in total. The first-order chi connectivity index (χ1) is 61.8. The molecule has 7 aliphatic heterocycles. The monoisotopic (exact) mass is 1730 g/mol. The van der Waals surface area contributed by atoms with E-state index in [0.29, 0.717) is 59.4 Å². The normalized spacial score (nSPS) is 17.3. The number of nitrogens with one attached hydrogen (secondary N) is 7. The summed E-state index contributed by atoms with van der Waals surface area (Å²) < 4.78 is 42.3. The summed E-state index contributed by atoms with van der Waals surface area (Å²) in [5.41, 5.74) is 32.4. The van der Waals surface area contributed by atoms with Crippen molar-refractivity contribution in [1.29, 1.82) is 0 Å². The summed E-state index contributed by atoms with van der Waals surface area (Å²) >= 11 is 5.94. The third-order valence-electron chi connectivity index (χ3n) is 21.9. The number of hydrogen-bond acceptors (Lipinski definition) is 37. The summed E-state index contributed by atoms with van der Waals surface area (Å²) in [6.07, 6.45) is 14.4. The number of aromatic nitrogens is 18. The number of likely N-dealkylation sites (tertiary alicyclic amines) is 1. The molecular weight excluding hydrogens is 1630 g/mol. The molecule has 656 valence electrons. The van der Waals surface area contributed by atoms with Crippen molar-refractivity contribution in [1.82, 2.24) is 104 Å². The molecule has 0 amide bonds. The molecule has 12 aromatic rings. The lowest BCUT2D eigenvalue weighted by atomic mass is 10.2. The highest BCUT2D eigenvalue weighted by molar-refractivity contribution is 6.30. The van der Waals surface area contributed by atoms with E-state index in [9.17, 15) is 4.39 Å². The number of rotatable bonds is 24. The smallest absolute Gasteiger partial charge is 0.248 e. The van der Waals surface area contributed by atoms with Gasteiger partial charge in [-0.25, -0.2) is 39.3 Å². The maximum atomic E-state index is 14.8. The number of morpholine rings is 4. The Kier molecular flexibility index (Phi) is 27.2. The molecule has 5 aromatic carbocycles. The van der Waals surface area contributed by atoms with Crippen LogP contribution in [0.5, 0.6) is 0 Å². The van der Waals surface area contributed by atoms with E-state index in [1.165, 1.54) is 88.6 Å². The maximum absolute atomic E-state index is 14.8. The van der Waals surface area contributed by atoms with Crippen LogP contribution in [-0.2, 0) is 18.9 Å². The quantitative estimate of drug-likeness (QED) is 0.0278. The fraction of sp³-hybridized carbons (Fsp3) is 0.361. The lowest BCUT2D eigenvalue weighted by Crippen LogP contribution is -2.47. The predicted molar refractivity (Wildman–Crippen MR) is 485 cm³/mol. The summed E-state index contributed by atoms with van der Waals surface area (Å²) in [6, 6.07) is 43.1. The van der Waals surface area contributed by atoms with Gasteiger partial charge in [-0.05, 0) is 154 Å². The van der Waals surface area contributed by atoms with Gasteiger partial charge >= 0.3 is 0 Å². The first kappa shape index (κ1) is 84.3. The molecule has 0 bridgehead atoms. The molecular formula is C83H101ClFN37O4. The SMILES string of the molecule is Nc1nc(Nc2ccc(N3CCOCC3)cc2)nn1-c1cc(N2CCN(C3CC3)CC2)ncn1.Nc1nc(Nc2ccc(N3CCOCC3)cc2)nn1-c1cc(NCCN2CCCC2)ncn1.Nc1nc(Nc2ccc(N3CCOCC3)cc2)nn1-c1ccncn1.Nc1nc(Nc2ccc(N3CCOCC3)cc2F)nn1C1=CC(Nc2ccc(Cl)cc2)N=CN1. The standard InChI is InChI=1S/C23H30N10O.C22H23ClFN9O.C22H30N10O.C16H18N8O/c24-22-28-23(27-17-1-3-18(4-2-17)31-11-13-34-14-12-31)29-33(22)21-15-20(25-16-26-21)32-9-7-30(8-10-32)19-5-6-19;23-14-1-3-15(4-2-14)28-19-12-20(27-13-26-19)33-21(25)30-22(31-33)29-18-6-5-16(11-17(18)24)32-7-9-34-10-8-32;23-21-28-22(27-17-3-5-18(6-4-17)31-11-13-33-14-12-31)29-32(21)20-15-19(25-16-26-20)24-7-10-30-8-1-2-9-30;17-15-21-16(22-24(15)14-5-6-18-11-19-14)20-12-1-3-13(4-2-12)23-7-9-25-10-8-23/h1-4,15-16,19H,5-14H2,(H3,24,27,28,29);1-6,11-13,19,28H,7-10H2,(H,26,27)(H3,25,29,30,31);3-6,15-16H,1-2,7-14H2,(H,24,25,26)(H3,23,27,28,29);1-6,11H,7-10H2,(H3,17,20,21,22). The summed E-state index contributed by atoms with van der Waals surface area (Å²) in [5.74, 6) is 5.85. The zero-order valence-electron chi connectivity index (χ0n) is 69.4. The van der Waals surface area contributed by atoms with Gasteiger partial charge in [-0.2, -0.15) is 38.7 Å². The molecule has 14 heterocycles. The van der Waals surface area contributed by atoms with Crippen molar-refractivity contribution in [2.45, 2.75) is 37.9 Å². The molecule has 1 atom stereocenters. The second-order valence-corrected chi connectivity index (χ2v) is 30.8. The highest BCUT2D eigenvalue weighted by Crippen LogP contribution is 2.32. The first-order valence-electron chi connectivity index (χ1n) is 42.1. The van der Waals surface area contributed by atoms with E-state index >= 15 is 0 Å². The van der Waals surface area contributed by atoms with Crippen LogP contribution in [0.25, 0.3) is 23.3 Å². The van der Waals surface area contributed by atoms with Crippen molar-refractivity contribution >= 4 is 134 Å². The van der Waals surface area contributed by atoms with E-state index in [2.05, 4.69) is 183 Å². The van der Waals surface area contributed by atoms with Gasteiger partial charge in [0.05, 0.1) is 64.9 Å². The van der Waals surface area contributed by atoms with E-state index in [1.54, 1.807) is 53.9 Å². The van der Waals surface area contributed by atoms with Gasteiger partial charge in [0.2, 0.25) is 47.6 Å². The first-order valence-corrected chi connectivity index (χ1v) is 42.5. The van der Waals surface area contributed by atoms with Crippen molar-refractivity contribution in [2.75, 3.05) is 237 Å². The number of nitrogens with zero attached hydrogens (tertiary/aromatic N) is 26. The summed E-state index contributed by atoms with van der Waals surface area (Å²) in [5, 5.41) is 40.5. The molecule has 15 N–H and O–H groups in total. The molecule has 6 saturated heterocycles. The number of ether oxygens (including phenoxy) is 4. The van der Waals surface area contributed by atoms with Crippen LogP contribution in [0.3, 0.4) is 0 Å². The zero-order valence-corrected chi connectivity index (χ0v) is 70.2. The predicted octanol–water partition coefficient (Wildman–Crippen LogP) is 7.55. The topological polar surface area (TPSA) is 460 Å². The molecule has 0 radical (unpaired) electrons. The Hall–Kier alpha value is -13.9. The van der Waals surface area contributed by atoms with E-state index < -0.39 is 5.82 Å². The lowest BCUT2D eigenvalue weighted by Gasteiger charge is -2.35. The molecule has 126 heavy (non-hydrogen) atoms. The number of hydrogen-bond donors (Lipinski definition) is 11. The Bertz CT molecular complexity index is 5570. The van der Waals surface area contributed by atoms with Crippen molar-refractivity contribution in [3.8, 4) is 17.5 Å². The van der Waals surface area contributed by atoms with Gasteiger partial charge in [-0.3, -0.25) is 4.90 Å². The third-order valence-corrected chi connectivity index (χ3v) is 22.1. The van der Waals surface area contributed by atoms with E-state index in [4.69, 9.17) is 53.5 Å². The number of aliphatic imine (C=N–C) groups is 1. The van der Waals surface area contributed by atoms with Crippen molar-refractivity contribution < 1.29 is 23.3 Å². The maximum Gasteiger partial charge on any atom is 0.248 e. The number of nitrogens with two attached hydrogens (primary N) is 4. The van der Waals surface area contributed by atoms with Gasteiger partial charge in [-0.15, -0.1) is 20.4 Å². The molecule has 1 saturated carbocycles. The third kappa shape index (κ3) is 22.2. The molecule has 7 fully saturated rings. The van der Waals surface area contributed by atoms with E-state index in [1.807, 2.05) is 66.7 Å². The summed E-state index contributed by atoms with van der Waals surface area (Å²) in [7, 11) is 0. The number of nitrogen functional groups attached to an aromatic ring is 4. The van der Waals surface area contributed by atoms with E-state index in [0.717, 1.165) is 177 Å². The van der Waals surface area contributed by atoms with Crippen LogP contribution in [0.4, 0.5) is 115 Å². The largest absolute Gasteiger partial charge is 0.378 e. The van der Waals surface area contributed by atoms with Crippen molar-refractivity contribution in [2.24, 2.45) is 4.99 Å². The van der Waals surface area contributed by atoms with Crippen LogP contribution in [0.15, 0.2) is 170 Å². The Morgan fingerprint density at radius 1 is 0.429 bits per heavy atom. The van der Waals surface area contributed by atoms with Gasteiger partial charge in [-0.1, -0.05) is 11.6 Å². The van der Waals surface area contributed by atoms with Crippen LogP contribution < -0.4 is 84.7 Å². The average molecular weight is 1740 g/mol. The van der Waals surface area contributed by atoms with Crippen molar-refractivity contribution in [3.05, 3.63) is 176 Å². The van der Waals surface area contributed by atoms with Gasteiger partial charge < -0.3 is 108 Å². The number of anilines is 19. The highest BCUT2D eigenvalue weighted by Gasteiger charge is 2.32. The molecule has 0 spiro atoms. The molecule has 20 rings (SSSR count). The highest BCUT2D eigenvalue weighted by atomic mass is 35.5. The molecule has 8 aliphatic rings. The molecule has 7 aromatic heterocycles. The van der Waals surface area contributed by atoms with Crippen LogP contribution >= 0.6 is 11.6 Å². The summed E-state index contributed by atoms with van der Waals surface area (Å²) in [6.45, 7) is 21.0. The van der Waals surface area contributed by atoms with Gasteiger partial charge in [0.1, 0.15) is 48.4 Å². The van der Waals surface area contributed by atoms with Gasteiger partial charge in [0.25, 0.3) is 0 Å². The lowest BCUT2D eigenvalue weighted by molar-refractivity contribution is 0.122. The summed E-state index contributed by atoms with van der Waals surface area (Å²) in [4.78, 5) is 63.4. The minimum absolute atomic E-state index is 0.132. The molecule has 1 unspecified atom stereocenters. The van der Waals surface area contributed by atoms with Crippen LogP contribution in [0, 0.1) is 5.82 Å². The van der Waals surface area contributed by atoms with Crippen LogP contribution in [0.2, 0.25) is 5.02 Å². The van der Waals surface area contributed by atoms with Crippen molar-refractivity contribution in [3.63, 3.8) is 0 Å². The van der Waals surface area contributed by atoms with Gasteiger partial charge in [0.15, 0.2) is 17.5 Å². The number of piperazine rings is 1. The average Bonchev–Trinajstić information content (AvgIpc) is 1.67. The fourth-order valence-corrected chi connectivity index (χ4v) is 15.2. The Morgan fingerprint density at radius 2 is 0.873 bits per heavy atom. The second kappa shape index (κ2) is 40.6. The Balaban J connectivity index is 0.000000119. The van der Waals surface area contributed by atoms with Crippen LogP contribution in [0.1, 0.15) is 25.7 Å². The van der Waals surface area contributed by atoms with E-state index in [-0.39, 0.29) is 41.6 Å². The number of benzene rings is 5. The number of halogens is 2. The fourth-order valence-electron chi connectivity index (χ4n) is 15.1. The molecule has 43 heteroatoms. The Labute approximate surface area is 730 Å². The van der Waals surface area contributed by atoms with Crippen LogP contribution in [-0.4, -0.2) is 275 Å². The zero-order chi connectivity index (χ0) is 85.9. The second-order valence-electron chi connectivity index (χ2n) is 30.4. The van der Waals surface area contributed by atoms with Gasteiger partial charge in [0, 0.05) is 179 Å². The molecule has 1 aliphatic carbocycles. The Morgan fingerprint density at radius 3 is 1.37 bits per heavy atom. The minimum atomic E-state index is -0.409.